The molecule has 0 aliphatic rings. The molecule has 1 rings (SSSR count). The van der Waals surface area contributed by atoms with E-state index in [1.165, 1.54) is 0 Å². The normalized spacial score (nSPS) is 10.2. The van der Waals surface area contributed by atoms with Crippen molar-refractivity contribution < 1.29 is 0 Å². The number of halogens is 1. The van der Waals surface area contributed by atoms with Crippen molar-refractivity contribution >= 4 is 15.9 Å². The summed E-state index contributed by atoms with van der Waals surface area (Å²) in [5.74, 6) is 0. The highest BCUT2D eigenvalue weighted by atomic mass is 79.9. The van der Waals surface area contributed by atoms with E-state index in [1.54, 1.807) is 4.57 Å². The van der Waals surface area contributed by atoms with Crippen LogP contribution in [0, 0.1) is 6.92 Å². The van der Waals surface area contributed by atoms with Crippen LogP contribution in [0.15, 0.2) is 23.1 Å². The van der Waals surface area contributed by atoms with Crippen LogP contribution < -0.4 is 5.56 Å². The van der Waals surface area contributed by atoms with Crippen molar-refractivity contribution in [3.63, 3.8) is 0 Å². The van der Waals surface area contributed by atoms with Gasteiger partial charge in [-0.2, -0.15) is 0 Å². The predicted molar refractivity (Wildman–Crippen MR) is 53.9 cm³/mol. The maximum Gasteiger partial charge on any atom is 0.253 e. The molecule has 0 amide bonds. The average Bonchev–Trinajstić information content (AvgIpc) is 2.08. The van der Waals surface area contributed by atoms with Crippen LogP contribution >= 0.6 is 15.9 Å². The van der Waals surface area contributed by atoms with Crippen molar-refractivity contribution in [2.45, 2.75) is 19.9 Å². The second-order valence-corrected chi connectivity index (χ2v) is 3.53. The van der Waals surface area contributed by atoms with Gasteiger partial charge in [0.05, 0.1) is 0 Å². The van der Waals surface area contributed by atoms with E-state index in [0.29, 0.717) is 0 Å². The molecule has 0 aliphatic heterocycles. The van der Waals surface area contributed by atoms with Crippen molar-refractivity contribution in [3.8, 4) is 0 Å². The van der Waals surface area contributed by atoms with Gasteiger partial charge in [-0.3, -0.25) is 4.79 Å². The third kappa shape index (κ3) is 2.21. The van der Waals surface area contributed by atoms with E-state index >= 15 is 0 Å². The van der Waals surface area contributed by atoms with Crippen LogP contribution in [-0.4, -0.2) is 9.90 Å². The molecule has 0 atom stereocenters. The standard InChI is InChI=1S/C9H12BrNO/c1-8-4-2-6-11(9(8)12)7-3-5-10/h2,4,6H,3,5,7H2,1H3. The summed E-state index contributed by atoms with van der Waals surface area (Å²) in [6.45, 7) is 2.64. The summed E-state index contributed by atoms with van der Waals surface area (Å²) in [6, 6.07) is 3.75. The van der Waals surface area contributed by atoms with Gasteiger partial charge >= 0.3 is 0 Å². The molecule has 0 bridgehead atoms. The van der Waals surface area contributed by atoms with E-state index in [9.17, 15) is 4.79 Å². The van der Waals surface area contributed by atoms with E-state index in [4.69, 9.17) is 0 Å². The summed E-state index contributed by atoms with van der Waals surface area (Å²) in [6.07, 6.45) is 2.82. The van der Waals surface area contributed by atoms with Gasteiger partial charge < -0.3 is 4.57 Å². The molecule has 3 heteroatoms. The minimum absolute atomic E-state index is 0.124. The van der Waals surface area contributed by atoms with Crippen LogP contribution in [0.5, 0.6) is 0 Å². The first-order valence-corrected chi connectivity index (χ1v) is 5.10. The monoisotopic (exact) mass is 229 g/mol. The van der Waals surface area contributed by atoms with Crippen molar-refractivity contribution in [2.75, 3.05) is 5.33 Å². The predicted octanol–water partition coefficient (Wildman–Crippen LogP) is 1.94. The van der Waals surface area contributed by atoms with Crippen LogP contribution in [0.1, 0.15) is 12.0 Å². The Hall–Kier alpha value is -0.570. The molecule has 0 saturated heterocycles. The van der Waals surface area contributed by atoms with E-state index in [-0.39, 0.29) is 5.56 Å². The Morgan fingerprint density at radius 1 is 1.58 bits per heavy atom. The van der Waals surface area contributed by atoms with Gasteiger partial charge in [0.25, 0.3) is 5.56 Å². The van der Waals surface area contributed by atoms with Crippen molar-refractivity contribution in [1.82, 2.24) is 4.57 Å². The average molecular weight is 230 g/mol. The third-order valence-corrected chi connectivity index (χ3v) is 2.30. The maximum atomic E-state index is 11.4. The lowest BCUT2D eigenvalue weighted by Crippen LogP contribution is -2.21. The number of hydrogen-bond donors (Lipinski definition) is 0. The zero-order valence-corrected chi connectivity index (χ0v) is 8.67. The van der Waals surface area contributed by atoms with E-state index in [2.05, 4.69) is 15.9 Å². The number of aryl methyl sites for hydroxylation is 2. The molecule has 0 spiro atoms. The zero-order chi connectivity index (χ0) is 8.97. The second kappa shape index (κ2) is 4.45. The fourth-order valence-corrected chi connectivity index (χ4v) is 1.31. The summed E-state index contributed by atoms with van der Waals surface area (Å²) in [5, 5.41) is 0.938. The number of pyridine rings is 1. The minimum Gasteiger partial charge on any atom is -0.315 e. The number of alkyl halides is 1. The Morgan fingerprint density at radius 3 is 3.00 bits per heavy atom. The summed E-state index contributed by atoms with van der Waals surface area (Å²) < 4.78 is 1.75. The van der Waals surface area contributed by atoms with Crippen LogP contribution in [0.4, 0.5) is 0 Å². The van der Waals surface area contributed by atoms with Gasteiger partial charge in [0.2, 0.25) is 0 Å². The van der Waals surface area contributed by atoms with E-state index in [0.717, 1.165) is 23.9 Å². The zero-order valence-electron chi connectivity index (χ0n) is 7.09. The first kappa shape index (κ1) is 9.52. The molecule has 0 radical (unpaired) electrons. The first-order chi connectivity index (χ1) is 5.75. The largest absolute Gasteiger partial charge is 0.315 e. The summed E-state index contributed by atoms with van der Waals surface area (Å²) in [5.41, 5.74) is 0.936. The van der Waals surface area contributed by atoms with E-state index < -0.39 is 0 Å². The van der Waals surface area contributed by atoms with E-state index in [1.807, 2.05) is 25.3 Å². The Balaban J connectivity index is 2.85. The van der Waals surface area contributed by atoms with Gasteiger partial charge in [0, 0.05) is 23.6 Å². The first-order valence-electron chi connectivity index (χ1n) is 3.97. The van der Waals surface area contributed by atoms with Gasteiger partial charge in [0.1, 0.15) is 0 Å². The Morgan fingerprint density at radius 2 is 2.33 bits per heavy atom. The fraction of sp³-hybridized carbons (Fsp3) is 0.444. The highest BCUT2D eigenvalue weighted by Crippen LogP contribution is 1.93. The molecule has 1 aromatic heterocycles. The Kier molecular flexibility index (Phi) is 3.53. The molecule has 1 heterocycles. The van der Waals surface area contributed by atoms with Gasteiger partial charge in [-0.15, -0.1) is 0 Å². The van der Waals surface area contributed by atoms with Crippen molar-refractivity contribution in [1.29, 1.82) is 0 Å². The number of nitrogens with zero attached hydrogens (tertiary/aromatic N) is 1. The summed E-state index contributed by atoms with van der Waals surface area (Å²) >= 11 is 3.33. The molecule has 0 fully saturated rings. The molecule has 0 N–H and O–H groups in total. The Labute approximate surface area is 80.3 Å². The molecule has 2 nitrogen and oxygen atoms in total. The lowest BCUT2D eigenvalue weighted by Gasteiger charge is -2.03. The third-order valence-electron chi connectivity index (χ3n) is 1.74. The van der Waals surface area contributed by atoms with Crippen LogP contribution in [-0.2, 0) is 6.54 Å². The highest BCUT2D eigenvalue weighted by Gasteiger charge is 1.96. The van der Waals surface area contributed by atoms with Gasteiger partial charge in [0.15, 0.2) is 0 Å². The molecule has 1 aromatic rings. The smallest absolute Gasteiger partial charge is 0.253 e. The lowest BCUT2D eigenvalue weighted by molar-refractivity contribution is 0.656. The van der Waals surface area contributed by atoms with Gasteiger partial charge in [-0.1, -0.05) is 22.0 Å². The van der Waals surface area contributed by atoms with Gasteiger partial charge in [-0.05, 0) is 19.4 Å². The summed E-state index contributed by atoms with van der Waals surface area (Å²) in [4.78, 5) is 11.4. The highest BCUT2D eigenvalue weighted by molar-refractivity contribution is 9.09. The quantitative estimate of drug-likeness (QED) is 0.727. The number of hydrogen-bond acceptors (Lipinski definition) is 1. The molecule has 0 aliphatic carbocycles. The second-order valence-electron chi connectivity index (χ2n) is 2.73. The minimum atomic E-state index is 0.124. The van der Waals surface area contributed by atoms with Crippen molar-refractivity contribution in [3.05, 3.63) is 34.2 Å². The number of aromatic nitrogens is 1. The lowest BCUT2D eigenvalue weighted by atomic mass is 10.3. The molecule has 0 unspecified atom stereocenters. The maximum absolute atomic E-state index is 11.4. The van der Waals surface area contributed by atoms with Crippen LogP contribution in [0.25, 0.3) is 0 Å². The number of rotatable bonds is 3. The fourth-order valence-electron chi connectivity index (χ4n) is 1.06. The Bertz CT molecular complexity index is 306. The molecule has 0 saturated carbocycles. The van der Waals surface area contributed by atoms with Crippen LogP contribution in [0.3, 0.4) is 0 Å². The molecule has 12 heavy (non-hydrogen) atoms. The molecule has 0 aromatic carbocycles. The van der Waals surface area contributed by atoms with Crippen LogP contribution in [0.2, 0.25) is 0 Å². The summed E-state index contributed by atoms with van der Waals surface area (Å²) in [7, 11) is 0. The van der Waals surface area contributed by atoms with Crippen molar-refractivity contribution in [2.24, 2.45) is 0 Å². The molecular weight excluding hydrogens is 218 g/mol. The topological polar surface area (TPSA) is 22.0 Å². The molecular formula is C9H12BrNO. The molecule has 66 valence electrons. The SMILES string of the molecule is Cc1cccn(CCCBr)c1=O. The van der Waals surface area contributed by atoms with Gasteiger partial charge in [-0.25, -0.2) is 0 Å².